The smallest absolute Gasteiger partial charge is 0.00626 e. The molecule has 0 bridgehead atoms. The van der Waals surface area contributed by atoms with Crippen molar-refractivity contribution in [3.8, 4) is 0 Å². The summed E-state index contributed by atoms with van der Waals surface area (Å²) < 4.78 is 0. The molecule has 0 aliphatic heterocycles. The lowest BCUT2D eigenvalue weighted by molar-refractivity contribution is 0.396. The summed E-state index contributed by atoms with van der Waals surface area (Å²) >= 11 is 0. The lowest BCUT2D eigenvalue weighted by Gasteiger charge is -2.32. The summed E-state index contributed by atoms with van der Waals surface area (Å²) in [4.78, 5) is 0. The molecule has 3 rings (SSSR count). The van der Waals surface area contributed by atoms with E-state index in [1.165, 1.54) is 46.2 Å². The highest BCUT2D eigenvalue weighted by Crippen LogP contribution is 2.40. The van der Waals surface area contributed by atoms with Crippen LogP contribution >= 0.6 is 0 Å². The molecule has 152 valence electrons. The van der Waals surface area contributed by atoms with Gasteiger partial charge in [-0.2, -0.15) is 0 Å². The van der Waals surface area contributed by atoms with Gasteiger partial charge in [-0.25, -0.2) is 0 Å². The van der Waals surface area contributed by atoms with E-state index in [-0.39, 0.29) is 10.8 Å². The molecule has 0 nitrogen and oxygen atoms in total. The second kappa shape index (κ2) is 8.57. The van der Waals surface area contributed by atoms with Crippen molar-refractivity contribution in [3.05, 3.63) is 88.5 Å². The summed E-state index contributed by atoms with van der Waals surface area (Å²) in [6.07, 6.45) is 15.1. The number of hydrogen-bond donors (Lipinski definition) is 0. The van der Waals surface area contributed by atoms with Crippen molar-refractivity contribution in [2.75, 3.05) is 0 Å². The second-order valence-corrected chi connectivity index (χ2v) is 9.49. The summed E-state index contributed by atoms with van der Waals surface area (Å²) in [5.41, 5.74) is 8.48. The molecule has 1 aliphatic rings. The summed E-state index contributed by atoms with van der Waals surface area (Å²) in [7, 11) is 0. The molecule has 2 aromatic rings. The maximum Gasteiger partial charge on any atom is -0.00626 e. The SMILES string of the molecule is CCC(C)(/C=C\C1=CCC(C)(C)c2ccc(/C=C/c3ccc(C)cc3)cc21)CC. The highest BCUT2D eigenvalue weighted by molar-refractivity contribution is 5.81. The number of fused-ring (bicyclic) bond motifs is 1. The number of aryl methyl sites for hydroxylation is 1. The molecular weight excluding hydrogens is 348 g/mol. The molecule has 0 radical (unpaired) electrons. The van der Waals surface area contributed by atoms with Crippen LogP contribution < -0.4 is 0 Å². The minimum Gasteiger partial charge on any atom is -0.0780 e. The van der Waals surface area contributed by atoms with E-state index >= 15 is 0 Å². The van der Waals surface area contributed by atoms with Crippen molar-refractivity contribution in [1.82, 2.24) is 0 Å². The molecule has 0 atom stereocenters. The monoisotopic (exact) mass is 384 g/mol. The lowest BCUT2D eigenvalue weighted by Crippen LogP contribution is -2.21. The van der Waals surface area contributed by atoms with Crippen LogP contribution in [0, 0.1) is 12.3 Å². The minimum atomic E-state index is 0.185. The van der Waals surface area contributed by atoms with E-state index in [4.69, 9.17) is 0 Å². The molecular formula is C29H36. The zero-order valence-electron chi connectivity index (χ0n) is 19.0. The molecule has 0 N–H and O–H groups in total. The molecule has 0 heterocycles. The predicted octanol–water partition coefficient (Wildman–Crippen LogP) is 8.61. The fraction of sp³-hybridized carbons (Fsp3) is 0.379. The molecule has 2 aromatic carbocycles. The van der Waals surface area contributed by atoms with Gasteiger partial charge in [0.25, 0.3) is 0 Å². The van der Waals surface area contributed by atoms with Crippen molar-refractivity contribution in [3.63, 3.8) is 0 Å². The number of benzene rings is 2. The van der Waals surface area contributed by atoms with Crippen molar-refractivity contribution < 1.29 is 0 Å². The average Bonchev–Trinajstić information content (AvgIpc) is 2.72. The summed E-state index contributed by atoms with van der Waals surface area (Å²) in [5.74, 6) is 0. The van der Waals surface area contributed by atoms with Gasteiger partial charge in [-0.1, -0.05) is 107 Å². The normalized spacial score (nSPS) is 16.3. The van der Waals surface area contributed by atoms with E-state index in [0.29, 0.717) is 0 Å². The Morgan fingerprint density at radius 2 is 1.52 bits per heavy atom. The third kappa shape index (κ3) is 4.99. The summed E-state index contributed by atoms with van der Waals surface area (Å²) in [6, 6.07) is 15.7. The Labute approximate surface area is 178 Å². The van der Waals surface area contributed by atoms with E-state index in [0.717, 1.165) is 6.42 Å². The Balaban J connectivity index is 1.95. The minimum absolute atomic E-state index is 0.185. The molecule has 0 saturated carbocycles. The van der Waals surface area contributed by atoms with Gasteiger partial charge in [0.15, 0.2) is 0 Å². The van der Waals surface area contributed by atoms with Gasteiger partial charge in [-0.15, -0.1) is 0 Å². The van der Waals surface area contributed by atoms with E-state index in [1.54, 1.807) is 0 Å². The zero-order valence-corrected chi connectivity index (χ0v) is 19.0. The van der Waals surface area contributed by atoms with E-state index in [9.17, 15) is 0 Å². The lowest BCUT2D eigenvalue weighted by atomic mass is 9.72. The second-order valence-electron chi connectivity index (χ2n) is 9.49. The Morgan fingerprint density at radius 3 is 2.17 bits per heavy atom. The quantitative estimate of drug-likeness (QED) is 0.437. The largest absolute Gasteiger partial charge is 0.0780 e. The average molecular weight is 385 g/mol. The van der Waals surface area contributed by atoms with Crippen LogP contribution in [0.15, 0.2) is 60.7 Å². The molecule has 29 heavy (non-hydrogen) atoms. The molecule has 0 unspecified atom stereocenters. The van der Waals surface area contributed by atoms with E-state index in [1.807, 2.05) is 0 Å². The molecule has 0 heteroatoms. The highest BCUT2D eigenvalue weighted by atomic mass is 14.3. The fourth-order valence-electron chi connectivity index (χ4n) is 3.88. The van der Waals surface area contributed by atoms with E-state index in [2.05, 4.69) is 114 Å². The van der Waals surface area contributed by atoms with Gasteiger partial charge in [0.1, 0.15) is 0 Å². The van der Waals surface area contributed by atoms with Gasteiger partial charge < -0.3 is 0 Å². The van der Waals surface area contributed by atoms with Crippen LogP contribution in [0.4, 0.5) is 0 Å². The molecule has 0 saturated heterocycles. The van der Waals surface area contributed by atoms with Crippen molar-refractivity contribution >= 4 is 17.7 Å². The van der Waals surface area contributed by atoms with Gasteiger partial charge in [-0.3, -0.25) is 0 Å². The Hall–Kier alpha value is -2.34. The van der Waals surface area contributed by atoms with Crippen LogP contribution in [0.2, 0.25) is 0 Å². The third-order valence-corrected chi connectivity index (χ3v) is 6.74. The van der Waals surface area contributed by atoms with Gasteiger partial charge in [0, 0.05) is 0 Å². The molecule has 0 aromatic heterocycles. The molecule has 0 spiro atoms. The Morgan fingerprint density at radius 1 is 0.897 bits per heavy atom. The van der Waals surface area contributed by atoms with Crippen LogP contribution in [-0.2, 0) is 5.41 Å². The maximum absolute atomic E-state index is 2.43. The first-order valence-electron chi connectivity index (χ1n) is 11.1. The first kappa shape index (κ1) is 21.4. The van der Waals surface area contributed by atoms with Crippen LogP contribution in [-0.4, -0.2) is 0 Å². The van der Waals surface area contributed by atoms with Gasteiger partial charge in [0.05, 0.1) is 0 Å². The Kier molecular flexibility index (Phi) is 6.32. The molecule has 1 aliphatic carbocycles. The van der Waals surface area contributed by atoms with Crippen molar-refractivity contribution in [2.45, 2.75) is 66.2 Å². The number of hydrogen-bond acceptors (Lipinski definition) is 0. The predicted molar refractivity (Wildman–Crippen MR) is 130 cm³/mol. The molecule has 0 fully saturated rings. The third-order valence-electron chi connectivity index (χ3n) is 6.74. The molecule has 0 amide bonds. The van der Waals surface area contributed by atoms with Crippen LogP contribution in [0.25, 0.3) is 17.7 Å². The first-order chi connectivity index (χ1) is 13.8. The standard InChI is InChI=1S/C29H36/c1-7-29(6,8-2)20-18-25-17-19-28(4,5)27-16-15-24(21-26(25)27)14-13-23-11-9-22(3)10-12-23/h9-18,20-21H,7-8,19H2,1-6H3/b14-13+,20-18-. The van der Waals surface area contributed by atoms with Crippen molar-refractivity contribution in [2.24, 2.45) is 5.41 Å². The zero-order chi connectivity index (χ0) is 21.1. The number of allylic oxidation sites excluding steroid dienone is 4. The summed E-state index contributed by atoms with van der Waals surface area (Å²) in [5, 5.41) is 0. The van der Waals surface area contributed by atoms with E-state index < -0.39 is 0 Å². The van der Waals surface area contributed by atoms with Crippen LogP contribution in [0.3, 0.4) is 0 Å². The maximum atomic E-state index is 2.43. The fourth-order valence-corrected chi connectivity index (χ4v) is 3.88. The van der Waals surface area contributed by atoms with Crippen LogP contribution in [0.1, 0.15) is 81.7 Å². The van der Waals surface area contributed by atoms with Gasteiger partial charge in [0.2, 0.25) is 0 Å². The number of rotatable bonds is 6. The van der Waals surface area contributed by atoms with Crippen molar-refractivity contribution in [1.29, 1.82) is 0 Å². The van der Waals surface area contributed by atoms with Gasteiger partial charge in [-0.05, 0) is 70.9 Å². The first-order valence-corrected chi connectivity index (χ1v) is 11.1. The highest BCUT2D eigenvalue weighted by Gasteiger charge is 2.27. The Bertz CT molecular complexity index is 929. The van der Waals surface area contributed by atoms with Crippen LogP contribution in [0.5, 0.6) is 0 Å². The van der Waals surface area contributed by atoms with Gasteiger partial charge >= 0.3 is 0 Å². The topological polar surface area (TPSA) is 0 Å². The summed E-state index contributed by atoms with van der Waals surface area (Å²) in [6.45, 7) is 13.8.